The van der Waals surface area contributed by atoms with Gasteiger partial charge >= 0.3 is 0 Å². The van der Waals surface area contributed by atoms with Crippen LogP contribution in [-0.4, -0.2) is 35.2 Å². The Morgan fingerprint density at radius 2 is 1.87 bits per heavy atom. The number of nitrogens with zero attached hydrogens (tertiary/aromatic N) is 2. The third kappa shape index (κ3) is 2.25. The van der Waals surface area contributed by atoms with E-state index in [4.69, 9.17) is 23.2 Å². The smallest absolute Gasteiger partial charge is 0.250 e. The maximum absolute atomic E-state index is 13.9. The summed E-state index contributed by atoms with van der Waals surface area (Å²) < 4.78 is 0. The number of anilines is 2. The normalized spacial score (nSPS) is 31.4. The third-order valence-corrected chi connectivity index (χ3v) is 7.85. The molecule has 0 saturated carbocycles. The van der Waals surface area contributed by atoms with Crippen LogP contribution < -0.4 is 10.2 Å². The van der Waals surface area contributed by atoms with Gasteiger partial charge in [0.25, 0.3) is 0 Å². The van der Waals surface area contributed by atoms with Gasteiger partial charge in [-0.15, -0.1) is 0 Å². The van der Waals surface area contributed by atoms with Crippen LogP contribution in [0.2, 0.25) is 10.0 Å². The molecule has 3 amide bonds. The van der Waals surface area contributed by atoms with Crippen LogP contribution in [0.3, 0.4) is 0 Å². The minimum Gasteiger partial charge on any atom is -0.324 e. The molecule has 0 unspecified atom stereocenters. The van der Waals surface area contributed by atoms with Crippen LogP contribution in [0.4, 0.5) is 11.4 Å². The lowest BCUT2D eigenvalue weighted by Crippen LogP contribution is -2.54. The second-order valence-corrected chi connectivity index (χ2v) is 9.63. The summed E-state index contributed by atoms with van der Waals surface area (Å²) in [6, 6.07) is 10.3. The molecule has 8 heteroatoms. The predicted octanol–water partition coefficient (Wildman–Crippen LogP) is 3.73. The van der Waals surface area contributed by atoms with Crippen molar-refractivity contribution in [3.8, 4) is 0 Å². The lowest BCUT2D eigenvalue weighted by Gasteiger charge is -2.36. The van der Waals surface area contributed by atoms with Crippen molar-refractivity contribution in [2.24, 2.45) is 11.8 Å². The number of rotatable bonds is 1. The molecule has 0 aromatic heterocycles. The van der Waals surface area contributed by atoms with Crippen molar-refractivity contribution in [3.05, 3.63) is 57.6 Å². The summed E-state index contributed by atoms with van der Waals surface area (Å²) >= 11 is 12.5. The van der Waals surface area contributed by atoms with Crippen molar-refractivity contribution in [3.63, 3.8) is 0 Å². The first-order valence-corrected chi connectivity index (χ1v) is 11.1. The number of hydrogen-bond donors (Lipinski definition) is 1. The Morgan fingerprint density at radius 1 is 1.06 bits per heavy atom. The van der Waals surface area contributed by atoms with Crippen LogP contribution in [0.15, 0.2) is 36.4 Å². The number of imide groups is 1. The molecule has 2 aromatic rings. The highest BCUT2D eigenvalue weighted by molar-refractivity contribution is 6.38. The highest BCUT2D eigenvalue weighted by atomic mass is 35.5. The largest absolute Gasteiger partial charge is 0.324 e. The van der Waals surface area contributed by atoms with Gasteiger partial charge in [0.2, 0.25) is 17.7 Å². The van der Waals surface area contributed by atoms with Crippen LogP contribution in [0.1, 0.15) is 24.0 Å². The van der Waals surface area contributed by atoms with E-state index in [1.165, 1.54) is 6.07 Å². The summed E-state index contributed by atoms with van der Waals surface area (Å²) in [5.74, 6) is -2.32. The fourth-order valence-corrected chi connectivity index (χ4v) is 6.58. The number of benzene rings is 2. The van der Waals surface area contributed by atoms with Gasteiger partial charge in [-0.2, -0.15) is 0 Å². The molecule has 3 fully saturated rings. The maximum Gasteiger partial charge on any atom is 0.250 e. The molecule has 4 aliphatic heterocycles. The number of amides is 3. The van der Waals surface area contributed by atoms with Gasteiger partial charge in [-0.3, -0.25) is 19.3 Å². The van der Waals surface area contributed by atoms with Crippen molar-refractivity contribution < 1.29 is 14.4 Å². The van der Waals surface area contributed by atoms with Gasteiger partial charge in [0.05, 0.1) is 22.5 Å². The predicted molar refractivity (Wildman–Crippen MR) is 117 cm³/mol. The van der Waals surface area contributed by atoms with E-state index >= 15 is 0 Å². The molecule has 1 N–H and O–H groups in total. The van der Waals surface area contributed by atoms with E-state index in [2.05, 4.69) is 10.2 Å². The molecule has 3 saturated heterocycles. The Hall–Kier alpha value is -2.41. The van der Waals surface area contributed by atoms with E-state index in [-0.39, 0.29) is 28.6 Å². The van der Waals surface area contributed by atoms with Crippen LogP contribution in [0.5, 0.6) is 0 Å². The van der Waals surface area contributed by atoms with Crippen molar-refractivity contribution in [1.82, 2.24) is 4.90 Å². The molecule has 4 atom stereocenters. The van der Waals surface area contributed by atoms with Gasteiger partial charge in [-0.05, 0) is 50.6 Å². The SMILES string of the molecule is Cc1ccc2c(c1)[C@]1(C(=O)N2)[C@@H]2C(=O)N(c3cc(Cl)ccc3Cl)C(=O)[C@H]2[C@H]2CCCN21. The Balaban J connectivity index is 1.58. The van der Waals surface area contributed by atoms with Gasteiger partial charge in [-0.1, -0.05) is 40.9 Å². The molecule has 31 heavy (non-hydrogen) atoms. The monoisotopic (exact) mass is 455 g/mol. The second kappa shape index (κ2) is 6.31. The number of carbonyl (C=O) groups is 3. The van der Waals surface area contributed by atoms with Gasteiger partial charge in [-0.25, -0.2) is 4.90 Å². The fourth-order valence-electron chi connectivity index (χ4n) is 6.21. The summed E-state index contributed by atoms with van der Waals surface area (Å²) in [5, 5.41) is 3.64. The minimum atomic E-state index is -1.18. The van der Waals surface area contributed by atoms with Crippen LogP contribution in [0, 0.1) is 18.8 Å². The van der Waals surface area contributed by atoms with E-state index in [1.54, 1.807) is 12.1 Å². The first-order chi connectivity index (χ1) is 14.9. The number of nitrogens with one attached hydrogen (secondary N) is 1. The average molecular weight is 456 g/mol. The molecule has 0 bridgehead atoms. The van der Waals surface area contributed by atoms with E-state index in [1.807, 2.05) is 25.1 Å². The summed E-state index contributed by atoms with van der Waals surface area (Å²) in [7, 11) is 0. The molecule has 4 aliphatic rings. The van der Waals surface area contributed by atoms with Crippen molar-refractivity contribution in [2.75, 3.05) is 16.8 Å². The van der Waals surface area contributed by atoms with Gasteiger partial charge in [0.15, 0.2) is 0 Å². The third-order valence-electron chi connectivity index (χ3n) is 7.30. The van der Waals surface area contributed by atoms with Crippen LogP contribution in [0.25, 0.3) is 0 Å². The highest BCUT2D eigenvalue weighted by Gasteiger charge is 2.74. The van der Waals surface area contributed by atoms with E-state index in [0.29, 0.717) is 17.3 Å². The Morgan fingerprint density at radius 3 is 2.68 bits per heavy atom. The lowest BCUT2D eigenvalue weighted by atomic mass is 9.75. The van der Waals surface area contributed by atoms with E-state index < -0.39 is 23.3 Å². The highest BCUT2D eigenvalue weighted by Crippen LogP contribution is 2.61. The summed E-state index contributed by atoms with van der Waals surface area (Å²) in [4.78, 5) is 44.4. The van der Waals surface area contributed by atoms with E-state index in [0.717, 1.165) is 28.9 Å². The van der Waals surface area contributed by atoms with Gasteiger partial charge in [0, 0.05) is 22.3 Å². The first-order valence-electron chi connectivity index (χ1n) is 10.4. The van der Waals surface area contributed by atoms with E-state index in [9.17, 15) is 14.4 Å². The van der Waals surface area contributed by atoms with Gasteiger partial charge in [0.1, 0.15) is 5.54 Å². The molecular formula is C23H19Cl2N3O3. The molecule has 4 heterocycles. The molecule has 158 valence electrons. The van der Waals surface area contributed by atoms with Crippen LogP contribution >= 0.6 is 23.2 Å². The van der Waals surface area contributed by atoms with Crippen molar-refractivity contribution in [2.45, 2.75) is 31.3 Å². The number of aryl methyl sites for hydroxylation is 1. The molecule has 6 rings (SSSR count). The van der Waals surface area contributed by atoms with Gasteiger partial charge < -0.3 is 5.32 Å². The zero-order valence-corrected chi connectivity index (χ0v) is 18.2. The molecule has 6 nitrogen and oxygen atoms in total. The van der Waals surface area contributed by atoms with Crippen LogP contribution in [-0.2, 0) is 19.9 Å². The first kappa shape index (κ1) is 19.3. The number of halogens is 2. The number of hydrogen-bond acceptors (Lipinski definition) is 4. The molecule has 0 aliphatic carbocycles. The Labute approximate surface area is 189 Å². The average Bonchev–Trinajstić information content (AvgIpc) is 3.43. The number of carbonyl (C=O) groups excluding carboxylic acids is 3. The summed E-state index contributed by atoms with van der Waals surface area (Å²) in [6.45, 7) is 2.64. The lowest BCUT2D eigenvalue weighted by molar-refractivity contribution is -0.135. The van der Waals surface area contributed by atoms with Crippen molar-refractivity contribution >= 4 is 52.3 Å². The molecule has 2 aromatic carbocycles. The Bertz CT molecular complexity index is 1200. The fraction of sp³-hybridized carbons (Fsp3) is 0.348. The zero-order valence-electron chi connectivity index (χ0n) is 16.7. The molecule has 1 spiro atoms. The second-order valence-electron chi connectivity index (χ2n) is 8.78. The maximum atomic E-state index is 13.9. The quantitative estimate of drug-likeness (QED) is 0.665. The minimum absolute atomic E-state index is 0.165. The topological polar surface area (TPSA) is 69.7 Å². The Kier molecular flexibility index (Phi) is 3.93. The summed E-state index contributed by atoms with van der Waals surface area (Å²) in [5.41, 5.74) is 1.60. The zero-order chi connectivity index (χ0) is 21.7. The standard InChI is InChI=1S/C23H19Cl2N3O3/c1-11-4-7-15-13(9-11)23(22(31)26-15)19-18(16-3-2-8-27(16)23)20(29)28(21(19)30)17-10-12(24)5-6-14(17)25/h4-7,9-10,16,18-19H,2-3,8H2,1H3,(H,26,31)/t16-,18+,19+,23-/m1/s1. The molecular weight excluding hydrogens is 437 g/mol. The van der Waals surface area contributed by atoms with Crippen molar-refractivity contribution in [1.29, 1.82) is 0 Å². The summed E-state index contributed by atoms with van der Waals surface area (Å²) in [6.07, 6.45) is 1.65. The molecule has 0 radical (unpaired) electrons. The number of fused-ring (bicyclic) bond motifs is 7.